The van der Waals surface area contributed by atoms with Crippen LogP contribution in [0.4, 0.5) is 0 Å². The minimum absolute atomic E-state index is 0.145. The molecule has 0 saturated heterocycles. The highest BCUT2D eigenvalue weighted by atomic mass is 16.5. The van der Waals surface area contributed by atoms with Gasteiger partial charge >= 0.3 is 5.97 Å². The van der Waals surface area contributed by atoms with E-state index in [9.17, 15) is 4.79 Å². The van der Waals surface area contributed by atoms with E-state index in [4.69, 9.17) is 15.3 Å². The molecule has 0 spiro atoms. The maximum atomic E-state index is 11.7. The van der Waals surface area contributed by atoms with Gasteiger partial charge in [-0.1, -0.05) is 48.5 Å². The molecule has 0 aliphatic rings. The number of carbonyl (C=O) groups is 1. The van der Waals surface area contributed by atoms with Gasteiger partial charge in [0, 0.05) is 0 Å². The van der Waals surface area contributed by atoms with Gasteiger partial charge in [0.1, 0.15) is 0 Å². The van der Waals surface area contributed by atoms with Crippen LogP contribution in [0.5, 0.6) is 0 Å². The molecule has 2 rings (SSSR count). The summed E-state index contributed by atoms with van der Waals surface area (Å²) in [5, 5.41) is 3.52. The molecule has 23 heavy (non-hydrogen) atoms. The van der Waals surface area contributed by atoms with E-state index >= 15 is 0 Å². The van der Waals surface area contributed by atoms with Crippen LogP contribution in [0.15, 0.2) is 59.7 Å². The second kappa shape index (κ2) is 8.70. The number of esters is 1. The first-order valence-corrected chi connectivity index (χ1v) is 7.28. The number of rotatable bonds is 7. The van der Waals surface area contributed by atoms with Crippen LogP contribution in [0.3, 0.4) is 0 Å². The lowest BCUT2D eigenvalue weighted by Crippen LogP contribution is -2.12. The van der Waals surface area contributed by atoms with Gasteiger partial charge < -0.3 is 15.3 Å². The Morgan fingerprint density at radius 3 is 2.70 bits per heavy atom. The van der Waals surface area contributed by atoms with Crippen molar-refractivity contribution in [2.45, 2.75) is 19.1 Å². The molecule has 0 aromatic heterocycles. The normalized spacial score (nSPS) is 12.2. The zero-order valence-corrected chi connectivity index (χ0v) is 13.0. The largest absolute Gasteiger partial charge is 0.469 e. The van der Waals surface area contributed by atoms with Crippen molar-refractivity contribution < 1.29 is 14.3 Å². The molecule has 0 radical (unpaired) electrons. The van der Waals surface area contributed by atoms with E-state index in [1.807, 2.05) is 54.6 Å². The Morgan fingerprint density at radius 2 is 2.00 bits per heavy atom. The number of benzene rings is 2. The molecule has 5 nitrogen and oxygen atoms in total. The van der Waals surface area contributed by atoms with Crippen molar-refractivity contribution in [3.63, 3.8) is 0 Å². The fourth-order valence-electron chi connectivity index (χ4n) is 2.20. The number of nitrogens with zero attached hydrogens (tertiary/aromatic N) is 1. The third kappa shape index (κ3) is 5.23. The molecule has 2 aromatic carbocycles. The predicted octanol–water partition coefficient (Wildman–Crippen LogP) is 2.80. The molecule has 0 bridgehead atoms. The topological polar surface area (TPSA) is 73.9 Å². The van der Waals surface area contributed by atoms with Gasteiger partial charge in [-0.25, -0.2) is 0 Å². The van der Waals surface area contributed by atoms with Gasteiger partial charge in [-0.3, -0.25) is 4.79 Å². The maximum Gasteiger partial charge on any atom is 0.308 e. The molecule has 5 heteroatoms. The third-order valence-corrected chi connectivity index (χ3v) is 3.38. The van der Waals surface area contributed by atoms with E-state index in [2.05, 4.69) is 5.10 Å². The first-order valence-electron chi connectivity index (χ1n) is 7.28. The summed E-state index contributed by atoms with van der Waals surface area (Å²) in [5.41, 5.74) is 2.77. The summed E-state index contributed by atoms with van der Waals surface area (Å²) < 4.78 is 10.7. The van der Waals surface area contributed by atoms with Crippen LogP contribution in [0, 0.1) is 0 Å². The fourth-order valence-corrected chi connectivity index (χ4v) is 2.20. The molecule has 1 unspecified atom stereocenters. The van der Waals surface area contributed by atoms with Crippen LogP contribution in [0.1, 0.15) is 29.2 Å². The Hall–Kier alpha value is -2.66. The van der Waals surface area contributed by atoms with Crippen LogP contribution < -0.4 is 5.84 Å². The van der Waals surface area contributed by atoms with Gasteiger partial charge in [0.2, 0.25) is 0 Å². The average molecular weight is 312 g/mol. The van der Waals surface area contributed by atoms with E-state index in [1.165, 1.54) is 7.11 Å². The molecule has 2 N–H and O–H groups in total. The van der Waals surface area contributed by atoms with Gasteiger partial charge in [0.15, 0.2) is 0 Å². The molecule has 0 heterocycles. The molecule has 0 aliphatic carbocycles. The minimum atomic E-state index is -0.395. The summed E-state index contributed by atoms with van der Waals surface area (Å²) in [5.74, 6) is 4.87. The number of carbonyl (C=O) groups excluding carboxylic acids is 1. The van der Waals surface area contributed by atoms with Crippen LogP contribution in [0.2, 0.25) is 0 Å². The predicted molar refractivity (Wildman–Crippen MR) is 88.8 cm³/mol. The Labute approximate surface area is 135 Å². The lowest BCUT2D eigenvalue weighted by Gasteiger charge is -2.18. The monoisotopic (exact) mass is 312 g/mol. The van der Waals surface area contributed by atoms with Gasteiger partial charge in [0.25, 0.3) is 0 Å². The van der Waals surface area contributed by atoms with Gasteiger partial charge in [-0.05, 0) is 22.8 Å². The van der Waals surface area contributed by atoms with Crippen LogP contribution >= 0.6 is 0 Å². The number of hydrogen-bond acceptors (Lipinski definition) is 5. The molecule has 0 saturated carbocycles. The van der Waals surface area contributed by atoms with Gasteiger partial charge in [-0.2, -0.15) is 5.10 Å². The zero-order chi connectivity index (χ0) is 16.5. The second-order valence-corrected chi connectivity index (χ2v) is 5.01. The second-order valence-electron chi connectivity index (χ2n) is 5.01. The molecular formula is C18H20N2O3. The van der Waals surface area contributed by atoms with Crippen molar-refractivity contribution in [2.24, 2.45) is 10.9 Å². The molecule has 1 atom stereocenters. The first-order chi connectivity index (χ1) is 11.2. The Kier molecular flexibility index (Phi) is 6.32. The van der Waals surface area contributed by atoms with Crippen LogP contribution in [-0.2, 0) is 20.9 Å². The van der Waals surface area contributed by atoms with E-state index in [-0.39, 0.29) is 12.4 Å². The van der Waals surface area contributed by atoms with Crippen molar-refractivity contribution in [1.29, 1.82) is 0 Å². The van der Waals surface area contributed by atoms with Crippen LogP contribution in [0.25, 0.3) is 0 Å². The van der Waals surface area contributed by atoms with E-state index in [1.54, 1.807) is 6.21 Å². The zero-order valence-electron chi connectivity index (χ0n) is 13.0. The SMILES string of the molecule is COC(=O)CC(OCc1ccccc1)c1cccc(C=NN)c1. The van der Waals surface area contributed by atoms with Crippen molar-refractivity contribution in [1.82, 2.24) is 0 Å². The van der Waals surface area contributed by atoms with Crippen molar-refractivity contribution in [2.75, 3.05) is 7.11 Å². The molecule has 2 aromatic rings. The smallest absolute Gasteiger partial charge is 0.308 e. The average Bonchev–Trinajstić information content (AvgIpc) is 2.59. The number of ether oxygens (including phenoxy) is 2. The quantitative estimate of drug-likeness (QED) is 0.369. The van der Waals surface area contributed by atoms with Gasteiger partial charge in [0.05, 0.1) is 32.5 Å². The third-order valence-electron chi connectivity index (χ3n) is 3.38. The van der Waals surface area contributed by atoms with Crippen molar-refractivity contribution in [3.8, 4) is 0 Å². The first kappa shape index (κ1) is 16.7. The minimum Gasteiger partial charge on any atom is -0.469 e. The van der Waals surface area contributed by atoms with E-state index in [0.29, 0.717) is 6.61 Å². The number of nitrogens with two attached hydrogens (primary N) is 1. The summed E-state index contributed by atoms with van der Waals surface area (Å²) >= 11 is 0. The highest BCUT2D eigenvalue weighted by Crippen LogP contribution is 2.24. The fraction of sp³-hybridized carbons (Fsp3) is 0.222. The van der Waals surface area contributed by atoms with E-state index < -0.39 is 6.10 Å². The summed E-state index contributed by atoms with van der Waals surface area (Å²) in [7, 11) is 1.37. The van der Waals surface area contributed by atoms with Crippen molar-refractivity contribution in [3.05, 3.63) is 71.3 Å². The lowest BCUT2D eigenvalue weighted by atomic mass is 10.0. The number of hydrogen-bond donors (Lipinski definition) is 1. The summed E-state index contributed by atoms with van der Waals surface area (Å²) in [6.45, 7) is 0.414. The highest BCUT2D eigenvalue weighted by molar-refractivity contribution is 5.79. The molecule has 0 fully saturated rings. The number of hydrazone groups is 1. The molecule has 0 aliphatic heterocycles. The summed E-state index contributed by atoms with van der Waals surface area (Å²) in [6, 6.07) is 17.4. The van der Waals surface area contributed by atoms with Gasteiger partial charge in [-0.15, -0.1) is 0 Å². The standard InChI is InChI=1S/C18H20N2O3/c1-22-18(21)11-17(23-13-14-6-3-2-4-7-14)16-9-5-8-15(10-16)12-20-19/h2-10,12,17H,11,13,19H2,1H3. The molecule has 0 amide bonds. The molecular weight excluding hydrogens is 292 g/mol. The van der Waals surface area contributed by atoms with Crippen molar-refractivity contribution >= 4 is 12.2 Å². The Bertz CT molecular complexity index is 656. The Morgan fingerprint density at radius 1 is 1.22 bits per heavy atom. The maximum absolute atomic E-state index is 11.7. The van der Waals surface area contributed by atoms with Crippen LogP contribution in [-0.4, -0.2) is 19.3 Å². The summed E-state index contributed by atoms with van der Waals surface area (Å²) in [4.78, 5) is 11.7. The Balaban J connectivity index is 2.16. The number of methoxy groups -OCH3 is 1. The summed E-state index contributed by atoms with van der Waals surface area (Å²) in [6.07, 6.45) is 1.30. The lowest BCUT2D eigenvalue weighted by molar-refractivity contribution is -0.144. The highest BCUT2D eigenvalue weighted by Gasteiger charge is 2.17. The molecule has 120 valence electrons. The van der Waals surface area contributed by atoms with E-state index in [0.717, 1.165) is 16.7 Å².